The molecule has 0 saturated heterocycles. The number of fused-ring (bicyclic) bond motifs is 1. The smallest absolute Gasteiger partial charge is 0.0777 e. The predicted octanol–water partition coefficient (Wildman–Crippen LogP) is -3.78. The molecule has 0 aliphatic heterocycles. The van der Waals surface area contributed by atoms with E-state index in [0.29, 0.717) is 0 Å². The first-order chi connectivity index (χ1) is 14.2. The molecule has 1 aromatic heterocycles. The second kappa shape index (κ2) is 11.9. The summed E-state index contributed by atoms with van der Waals surface area (Å²) in [5, 5.41) is 1.17. The summed E-state index contributed by atoms with van der Waals surface area (Å²) in [5.41, 5.74) is 4.39. The van der Waals surface area contributed by atoms with Crippen molar-refractivity contribution in [3.05, 3.63) is 71.9 Å². The Morgan fingerprint density at radius 1 is 0.742 bits per heavy atom. The van der Waals surface area contributed by atoms with Gasteiger partial charge in [-0.3, -0.25) is 0 Å². The van der Waals surface area contributed by atoms with Gasteiger partial charge >= 0.3 is 0 Å². The van der Waals surface area contributed by atoms with Crippen molar-refractivity contribution >= 4 is 28.7 Å². The van der Waals surface area contributed by atoms with Gasteiger partial charge in [0.25, 0.3) is 0 Å². The number of hydrogen-bond acceptors (Lipinski definition) is 10. The van der Waals surface area contributed by atoms with Crippen molar-refractivity contribution in [2.45, 2.75) is 0 Å². The Morgan fingerprint density at radius 3 is 1.77 bits per heavy atom. The van der Waals surface area contributed by atoms with Gasteiger partial charge in [-0.25, -0.2) is 4.98 Å². The van der Waals surface area contributed by atoms with Gasteiger partial charge in [-0.15, -0.1) is 0 Å². The molecule has 0 aliphatic rings. The van der Waals surface area contributed by atoms with E-state index in [4.69, 9.17) is 37.3 Å². The number of hydrogen-bond donors (Lipinski definition) is 2. The van der Waals surface area contributed by atoms with Crippen molar-refractivity contribution in [2.75, 3.05) is 19.0 Å². The second-order valence-corrected chi connectivity index (χ2v) is 7.62. The summed E-state index contributed by atoms with van der Waals surface area (Å²) in [6.07, 6.45) is 4.15. The number of pyridine rings is 1. The fourth-order valence-electron chi connectivity index (χ4n) is 2.24. The summed E-state index contributed by atoms with van der Waals surface area (Å²) in [4.78, 5) is 6.74. The quantitative estimate of drug-likeness (QED) is 0.379. The Labute approximate surface area is 182 Å². The lowest BCUT2D eigenvalue weighted by molar-refractivity contribution is -1.92. The number of anilines is 1. The average molecular weight is 475 g/mol. The van der Waals surface area contributed by atoms with Gasteiger partial charge in [-0.2, -0.15) is 28.0 Å². The first kappa shape index (κ1) is 26.7. The van der Waals surface area contributed by atoms with Crippen LogP contribution in [0, 0.1) is 20.5 Å². The monoisotopic (exact) mass is 474 g/mol. The van der Waals surface area contributed by atoms with E-state index in [1.807, 2.05) is 38.4 Å². The lowest BCUT2D eigenvalue weighted by Crippen LogP contribution is -2.58. The van der Waals surface area contributed by atoms with Gasteiger partial charge in [-0.1, -0.05) is 42.5 Å². The van der Waals surface area contributed by atoms with Crippen molar-refractivity contribution in [3.63, 3.8) is 0 Å². The van der Waals surface area contributed by atoms with Gasteiger partial charge in [0.2, 0.25) is 0 Å². The van der Waals surface area contributed by atoms with Crippen molar-refractivity contribution in [2.24, 2.45) is 0 Å². The highest BCUT2D eigenvalue weighted by Gasteiger charge is 1.99. The van der Waals surface area contributed by atoms with E-state index >= 15 is 0 Å². The molecule has 0 bridgehead atoms. The summed E-state index contributed by atoms with van der Waals surface area (Å²) in [5.74, 6) is 0. The SMILES string of the molecule is CN(C)c1ccc(C=Cc2ccc3ccccc3n2)cc1.[O-][Cl+3]([O-])([O-])O.[O-][Cl+3]([O-])([O-])O. The fourth-order valence-corrected chi connectivity index (χ4v) is 2.24. The van der Waals surface area contributed by atoms with Crippen LogP contribution in [0.4, 0.5) is 5.69 Å². The summed E-state index contributed by atoms with van der Waals surface area (Å²) < 4.78 is 65.4. The molecule has 3 aromatic rings. The van der Waals surface area contributed by atoms with E-state index in [2.05, 4.69) is 58.4 Å². The molecular formula is C19H20Cl2N2O8. The van der Waals surface area contributed by atoms with E-state index in [9.17, 15) is 0 Å². The van der Waals surface area contributed by atoms with Crippen molar-refractivity contribution < 1.29 is 57.8 Å². The molecule has 0 spiro atoms. The van der Waals surface area contributed by atoms with Crippen LogP contribution in [0.1, 0.15) is 11.3 Å². The normalized spacial score (nSPS) is 11.4. The standard InChI is InChI=1S/C19H18N2.2ClHO4/c1-21(2)18-13-8-15(9-14-18)7-11-17-12-10-16-5-3-4-6-19(16)20-17;2*2-1(3,4)5/h3-14H,1-2H3;2*(H,2,3,4,5). The second-order valence-electron chi connectivity index (χ2n) is 6.04. The zero-order valence-electron chi connectivity index (χ0n) is 16.4. The fraction of sp³-hybridized carbons (Fsp3) is 0.105. The summed E-state index contributed by atoms with van der Waals surface area (Å²) in [6, 6.07) is 20.8. The molecule has 0 aliphatic carbocycles. The molecule has 10 nitrogen and oxygen atoms in total. The molecular weight excluding hydrogens is 455 g/mol. The topological polar surface area (TPSA) is 195 Å². The first-order valence-electron chi connectivity index (χ1n) is 8.30. The van der Waals surface area contributed by atoms with Gasteiger partial charge < -0.3 is 4.90 Å². The molecule has 0 radical (unpaired) electrons. The highest BCUT2D eigenvalue weighted by Crippen LogP contribution is 2.16. The predicted molar refractivity (Wildman–Crippen MR) is 95.9 cm³/mol. The van der Waals surface area contributed by atoms with Crippen LogP contribution in [-0.2, 0) is 0 Å². The first-order valence-corrected chi connectivity index (χ1v) is 10.8. The molecule has 2 aromatic carbocycles. The molecule has 3 rings (SSSR count). The van der Waals surface area contributed by atoms with Gasteiger partial charge in [0, 0.05) is 25.2 Å². The number of halogens is 2. The lowest BCUT2D eigenvalue weighted by atomic mass is 10.1. The molecule has 0 saturated carbocycles. The van der Waals surface area contributed by atoms with Crippen LogP contribution in [-0.4, -0.2) is 28.4 Å². The van der Waals surface area contributed by atoms with Crippen LogP contribution in [0.3, 0.4) is 0 Å². The Kier molecular flexibility index (Phi) is 10.2. The molecule has 1 heterocycles. The Morgan fingerprint density at radius 2 is 1.26 bits per heavy atom. The number of nitrogens with zero attached hydrogens (tertiary/aromatic N) is 2. The number of rotatable bonds is 3. The van der Waals surface area contributed by atoms with Crippen LogP contribution < -0.4 is 32.9 Å². The van der Waals surface area contributed by atoms with Crippen LogP contribution in [0.25, 0.3) is 23.1 Å². The van der Waals surface area contributed by atoms with Crippen LogP contribution in [0.5, 0.6) is 0 Å². The molecule has 0 atom stereocenters. The highest BCUT2D eigenvalue weighted by molar-refractivity contribution is 5.80. The summed E-state index contributed by atoms with van der Waals surface area (Å²) in [7, 11) is -5.30. The Bertz CT molecular complexity index is 947. The van der Waals surface area contributed by atoms with E-state index < -0.39 is 20.5 Å². The van der Waals surface area contributed by atoms with E-state index in [1.54, 1.807) is 0 Å². The molecule has 168 valence electrons. The molecule has 0 fully saturated rings. The average Bonchev–Trinajstić information content (AvgIpc) is 2.64. The Balaban J connectivity index is 0.000000404. The third-order valence-electron chi connectivity index (χ3n) is 3.48. The molecule has 0 unspecified atom stereocenters. The van der Waals surface area contributed by atoms with Gasteiger partial charge in [0.1, 0.15) is 0 Å². The van der Waals surface area contributed by atoms with Crippen molar-refractivity contribution in [1.29, 1.82) is 0 Å². The summed E-state index contributed by atoms with van der Waals surface area (Å²) in [6.45, 7) is 0. The van der Waals surface area contributed by atoms with Gasteiger partial charge in [-0.05, 0) is 35.9 Å². The maximum atomic E-state index is 8.60. The van der Waals surface area contributed by atoms with E-state index in [1.165, 1.54) is 16.6 Å². The van der Waals surface area contributed by atoms with Crippen LogP contribution in [0.2, 0.25) is 0 Å². The van der Waals surface area contributed by atoms with Crippen molar-refractivity contribution in [3.8, 4) is 0 Å². The number of para-hydroxylation sites is 1. The highest BCUT2D eigenvalue weighted by atomic mass is 35.7. The number of aromatic nitrogens is 1. The van der Waals surface area contributed by atoms with Crippen LogP contribution in [0.15, 0.2) is 60.7 Å². The van der Waals surface area contributed by atoms with Crippen LogP contribution >= 0.6 is 0 Å². The molecule has 0 amide bonds. The summed E-state index contributed by atoms with van der Waals surface area (Å²) >= 11 is 0. The largest absolute Gasteiger partial charge is 0.378 e. The zero-order valence-corrected chi connectivity index (χ0v) is 17.9. The lowest BCUT2D eigenvalue weighted by Gasteiger charge is -2.11. The molecule has 31 heavy (non-hydrogen) atoms. The Hall–Kier alpha value is -2.35. The third-order valence-corrected chi connectivity index (χ3v) is 3.48. The van der Waals surface area contributed by atoms with E-state index in [0.717, 1.165) is 11.2 Å². The maximum Gasteiger partial charge on any atom is 0.0777 e. The van der Waals surface area contributed by atoms with Gasteiger partial charge in [0.15, 0.2) is 0 Å². The third kappa shape index (κ3) is 13.5. The van der Waals surface area contributed by atoms with E-state index in [-0.39, 0.29) is 0 Å². The number of benzene rings is 2. The molecule has 12 heteroatoms. The zero-order chi connectivity index (χ0) is 23.7. The molecule has 2 N–H and O–H groups in total. The minimum Gasteiger partial charge on any atom is -0.378 e. The van der Waals surface area contributed by atoms with Gasteiger partial charge in [0.05, 0.1) is 41.0 Å². The minimum atomic E-state index is -4.69. The minimum absolute atomic E-state index is 0.977. The van der Waals surface area contributed by atoms with Crippen molar-refractivity contribution in [1.82, 2.24) is 4.98 Å². The maximum absolute atomic E-state index is 8.60.